The van der Waals surface area contributed by atoms with Crippen molar-refractivity contribution in [1.29, 1.82) is 0 Å². The number of nitrogens with one attached hydrogen (secondary N) is 1. The molecule has 0 spiro atoms. The van der Waals surface area contributed by atoms with Crippen LogP contribution in [-0.4, -0.2) is 30.8 Å². The van der Waals surface area contributed by atoms with Crippen molar-refractivity contribution < 1.29 is 9.90 Å². The fourth-order valence-corrected chi connectivity index (χ4v) is 3.63. The van der Waals surface area contributed by atoms with Crippen LogP contribution in [0.5, 0.6) is 5.75 Å². The lowest BCUT2D eigenvalue weighted by Crippen LogP contribution is -2.12. The molecular formula is C25H15ClN8O2. The summed E-state index contributed by atoms with van der Waals surface area (Å²) in [6, 6.07) is 16.9. The molecule has 0 unspecified atom stereocenters. The van der Waals surface area contributed by atoms with Crippen molar-refractivity contribution in [3.63, 3.8) is 0 Å². The number of hydrogen-bond donors (Lipinski definition) is 2. The molecule has 0 fully saturated rings. The first-order chi connectivity index (χ1) is 17.5. The Morgan fingerprint density at radius 1 is 1.06 bits per heavy atom. The number of rotatable bonds is 5. The number of phenolic OH excluding ortho intramolecular Hbond substituents is 1. The molecule has 0 aliphatic carbocycles. The molecule has 5 aromatic rings. The Morgan fingerprint density at radius 3 is 2.56 bits per heavy atom. The molecule has 2 N–H and O–H groups in total. The Kier molecular flexibility index (Phi) is 6.05. The van der Waals surface area contributed by atoms with E-state index in [0.29, 0.717) is 21.5 Å². The molecule has 0 aliphatic heterocycles. The third kappa shape index (κ3) is 4.34. The van der Waals surface area contributed by atoms with Crippen molar-refractivity contribution in [2.45, 2.75) is 0 Å². The van der Waals surface area contributed by atoms with Gasteiger partial charge in [-0.3, -0.25) is 4.79 Å². The minimum Gasteiger partial charge on any atom is -0.505 e. The van der Waals surface area contributed by atoms with E-state index in [1.807, 2.05) is 0 Å². The van der Waals surface area contributed by atoms with Gasteiger partial charge in [0.1, 0.15) is 5.69 Å². The fraction of sp³-hybridized carbons (Fsp3) is 0. The number of benzene rings is 3. The third-order valence-electron chi connectivity index (χ3n) is 5.17. The number of halogens is 1. The number of hydrogen-bond acceptors (Lipinski definition) is 7. The number of phenols is 1. The second kappa shape index (κ2) is 9.61. The van der Waals surface area contributed by atoms with Crippen LogP contribution in [0.3, 0.4) is 0 Å². The Morgan fingerprint density at radius 2 is 1.81 bits per heavy atom. The zero-order valence-corrected chi connectivity index (χ0v) is 19.1. The van der Waals surface area contributed by atoms with Crippen LogP contribution in [-0.2, 0) is 0 Å². The molecular weight excluding hydrogens is 480 g/mol. The van der Waals surface area contributed by atoms with Gasteiger partial charge < -0.3 is 10.4 Å². The lowest BCUT2D eigenvalue weighted by atomic mass is 10.0. The molecule has 3 aromatic carbocycles. The van der Waals surface area contributed by atoms with Gasteiger partial charge in [-0.05, 0) is 47.2 Å². The van der Waals surface area contributed by atoms with Crippen molar-refractivity contribution in [1.82, 2.24) is 19.7 Å². The maximum atomic E-state index is 13.2. The summed E-state index contributed by atoms with van der Waals surface area (Å²) >= 11 is 5.93. The van der Waals surface area contributed by atoms with Crippen LogP contribution < -0.4 is 5.32 Å². The van der Waals surface area contributed by atoms with Crippen molar-refractivity contribution in [2.24, 2.45) is 10.2 Å². The van der Waals surface area contributed by atoms with Crippen LogP contribution in [0.1, 0.15) is 10.4 Å². The van der Waals surface area contributed by atoms with E-state index in [0.717, 1.165) is 0 Å². The van der Waals surface area contributed by atoms with E-state index in [9.17, 15) is 9.90 Å². The number of nitrogens with zero attached hydrogens (tertiary/aromatic N) is 7. The lowest BCUT2D eigenvalue weighted by Gasteiger charge is -2.12. The molecule has 0 saturated heterocycles. The van der Waals surface area contributed by atoms with Gasteiger partial charge in [-0.15, -0.1) is 10.2 Å². The van der Waals surface area contributed by atoms with Gasteiger partial charge in [0, 0.05) is 23.1 Å². The standard InChI is InChI=1S/C25H15ClN8O2/c1-27-20-14-30-34(25-28-11-4-12-29-25)23(20)33-32-19-13-15-5-2-3-6-18(15)21(22(19)35)24(36)31-17-9-7-16(26)8-10-17/h2-14,35H,(H,31,36). The predicted octanol–water partition coefficient (Wildman–Crippen LogP) is 6.39. The number of carbonyl (C=O) groups excluding carboxylic acids is 1. The molecule has 174 valence electrons. The minimum absolute atomic E-state index is 0.0299. The van der Waals surface area contributed by atoms with Crippen LogP contribution in [0.15, 0.2) is 89.5 Å². The lowest BCUT2D eigenvalue weighted by molar-refractivity contribution is 0.102. The largest absolute Gasteiger partial charge is 0.505 e. The molecule has 2 heterocycles. The van der Waals surface area contributed by atoms with E-state index in [2.05, 4.69) is 35.5 Å². The van der Waals surface area contributed by atoms with Gasteiger partial charge in [-0.1, -0.05) is 35.9 Å². The van der Waals surface area contributed by atoms with Gasteiger partial charge in [0.2, 0.25) is 0 Å². The quantitative estimate of drug-likeness (QED) is 0.216. The highest BCUT2D eigenvalue weighted by Gasteiger charge is 2.20. The summed E-state index contributed by atoms with van der Waals surface area (Å²) in [5.41, 5.74) is 0.690. The van der Waals surface area contributed by atoms with Crippen LogP contribution in [0.2, 0.25) is 5.02 Å². The van der Waals surface area contributed by atoms with E-state index >= 15 is 0 Å². The zero-order chi connectivity index (χ0) is 25.1. The van der Waals surface area contributed by atoms with Crippen molar-refractivity contribution >= 4 is 51.2 Å². The summed E-state index contributed by atoms with van der Waals surface area (Å²) in [6.45, 7) is 7.42. The number of aromatic nitrogens is 4. The third-order valence-corrected chi connectivity index (χ3v) is 5.42. The summed E-state index contributed by atoms with van der Waals surface area (Å²) in [7, 11) is 0. The van der Waals surface area contributed by atoms with Crippen molar-refractivity contribution in [2.75, 3.05) is 5.32 Å². The highest BCUT2D eigenvalue weighted by molar-refractivity contribution is 6.30. The highest BCUT2D eigenvalue weighted by atomic mass is 35.5. The van der Waals surface area contributed by atoms with Gasteiger partial charge in [-0.25, -0.2) is 14.8 Å². The molecule has 36 heavy (non-hydrogen) atoms. The maximum absolute atomic E-state index is 13.2. The summed E-state index contributed by atoms with van der Waals surface area (Å²) in [5.74, 6) is -0.619. The van der Waals surface area contributed by atoms with Crippen LogP contribution in [0.25, 0.3) is 21.6 Å². The average Bonchev–Trinajstić information content (AvgIpc) is 3.32. The molecule has 0 bridgehead atoms. The molecule has 10 nitrogen and oxygen atoms in total. The molecule has 5 rings (SSSR count). The molecule has 11 heteroatoms. The van der Waals surface area contributed by atoms with E-state index in [1.165, 1.54) is 23.3 Å². The second-order valence-electron chi connectivity index (χ2n) is 7.43. The number of anilines is 1. The average molecular weight is 495 g/mol. The highest BCUT2D eigenvalue weighted by Crippen LogP contribution is 2.39. The summed E-state index contributed by atoms with van der Waals surface area (Å²) in [5, 5.41) is 28.0. The second-order valence-corrected chi connectivity index (χ2v) is 7.86. The first kappa shape index (κ1) is 22.6. The molecule has 0 aliphatic rings. The molecule has 0 atom stereocenters. The Labute approximate surface area is 209 Å². The molecule has 0 saturated carbocycles. The number of carbonyl (C=O) groups is 1. The van der Waals surface area contributed by atoms with Crippen molar-refractivity contribution in [3.05, 3.63) is 101 Å². The first-order valence-corrected chi connectivity index (χ1v) is 10.9. The topological polar surface area (TPSA) is 122 Å². The summed E-state index contributed by atoms with van der Waals surface area (Å²) in [6.07, 6.45) is 4.38. The number of amides is 1. The molecule has 2 aromatic heterocycles. The molecule has 0 radical (unpaired) electrons. The first-order valence-electron chi connectivity index (χ1n) is 10.5. The van der Waals surface area contributed by atoms with Crippen LogP contribution >= 0.6 is 11.6 Å². The maximum Gasteiger partial charge on any atom is 0.260 e. The zero-order valence-electron chi connectivity index (χ0n) is 18.4. The van der Waals surface area contributed by atoms with Gasteiger partial charge in [0.15, 0.2) is 11.6 Å². The van der Waals surface area contributed by atoms with Gasteiger partial charge in [-0.2, -0.15) is 9.78 Å². The Hall–Kier alpha value is -5.14. The van der Waals surface area contributed by atoms with E-state index in [-0.39, 0.29) is 34.5 Å². The van der Waals surface area contributed by atoms with Crippen LogP contribution in [0.4, 0.5) is 22.9 Å². The summed E-state index contributed by atoms with van der Waals surface area (Å²) < 4.78 is 1.27. The number of azo groups is 1. The van der Waals surface area contributed by atoms with E-state index in [1.54, 1.807) is 60.7 Å². The van der Waals surface area contributed by atoms with E-state index < -0.39 is 5.91 Å². The number of fused-ring (bicyclic) bond motifs is 1. The monoisotopic (exact) mass is 494 g/mol. The fourth-order valence-electron chi connectivity index (χ4n) is 3.51. The van der Waals surface area contributed by atoms with Gasteiger partial charge in [0.25, 0.3) is 17.5 Å². The van der Waals surface area contributed by atoms with Crippen LogP contribution in [0, 0.1) is 6.57 Å². The van der Waals surface area contributed by atoms with Gasteiger partial charge in [0.05, 0.1) is 18.3 Å². The smallest absolute Gasteiger partial charge is 0.260 e. The van der Waals surface area contributed by atoms with Crippen molar-refractivity contribution in [3.8, 4) is 11.7 Å². The normalized spacial score (nSPS) is 11.0. The Balaban J connectivity index is 1.59. The Bertz CT molecular complexity index is 1660. The predicted molar refractivity (Wildman–Crippen MR) is 135 cm³/mol. The molecule has 1 amide bonds. The minimum atomic E-state index is -0.535. The SMILES string of the molecule is [C-]#[N+]c1cnn(-c2ncccn2)c1N=Nc1cc2ccccc2c(C(=O)Nc2ccc(Cl)cc2)c1O. The van der Waals surface area contributed by atoms with E-state index in [4.69, 9.17) is 18.2 Å². The van der Waals surface area contributed by atoms with Gasteiger partial charge >= 0.3 is 0 Å². The summed E-state index contributed by atoms with van der Waals surface area (Å²) in [4.78, 5) is 24.9. The number of aromatic hydroxyl groups is 1.